The number of amides is 3. The Morgan fingerprint density at radius 3 is 2.21 bits per heavy atom. The highest BCUT2D eigenvalue weighted by atomic mass is 19.1. The van der Waals surface area contributed by atoms with Gasteiger partial charge in [0, 0.05) is 37.4 Å². The minimum atomic E-state index is -0.475. The Labute approximate surface area is 142 Å². The van der Waals surface area contributed by atoms with Crippen LogP contribution < -0.4 is 15.5 Å². The maximum atomic E-state index is 13.0. The zero-order chi connectivity index (χ0) is 17.7. The van der Waals surface area contributed by atoms with Gasteiger partial charge in [0.2, 0.25) is 5.91 Å². The molecule has 0 unspecified atom stereocenters. The molecule has 0 radical (unpaired) electrons. The van der Waals surface area contributed by atoms with Crippen molar-refractivity contribution in [2.75, 3.05) is 37.6 Å². The van der Waals surface area contributed by atoms with E-state index in [0.29, 0.717) is 13.1 Å². The lowest BCUT2D eigenvalue weighted by Crippen LogP contribution is -2.53. The number of rotatable bonds is 3. The van der Waals surface area contributed by atoms with E-state index in [2.05, 4.69) is 15.5 Å². The second-order valence-electron chi connectivity index (χ2n) is 6.99. The van der Waals surface area contributed by atoms with Crippen molar-refractivity contribution in [3.8, 4) is 0 Å². The summed E-state index contributed by atoms with van der Waals surface area (Å²) in [6, 6.07) is 5.94. The summed E-state index contributed by atoms with van der Waals surface area (Å²) in [6.45, 7) is 8.69. The molecule has 1 heterocycles. The Balaban J connectivity index is 1.75. The summed E-state index contributed by atoms with van der Waals surface area (Å²) in [5.41, 5.74) is 0.593. The molecule has 0 spiro atoms. The predicted octanol–water partition coefficient (Wildman–Crippen LogP) is 1.57. The summed E-state index contributed by atoms with van der Waals surface area (Å²) < 4.78 is 13.0. The van der Waals surface area contributed by atoms with Crippen LogP contribution in [-0.2, 0) is 4.79 Å². The first-order chi connectivity index (χ1) is 11.2. The number of benzene rings is 1. The largest absolute Gasteiger partial charge is 0.369 e. The number of carbonyl (C=O) groups is 2. The molecule has 2 rings (SSSR count). The number of halogens is 1. The Bertz CT molecular complexity index is 575. The van der Waals surface area contributed by atoms with Crippen LogP contribution in [0.1, 0.15) is 20.8 Å². The molecule has 1 fully saturated rings. The van der Waals surface area contributed by atoms with E-state index in [4.69, 9.17) is 0 Å². The van der Waals surface area contributed by atoms with Crippen LogP contribution in [0.25, 0.3) is 0 Å². The van der Waals surface area contributed by atoms with Gasteiger partial charge in [-0.15, -0.1) is 0 Å². The Kier molecular flexibility index (Phi) is 5.77. The highest BCUT2D eigenvalue weighted by Crippen LogP contribution is 2.16. The van der Waals surface area contributed by atoms with Crippen LogP contribution >= 0.6 is 0 Å². The summed E-state index contributed by atoms with van der Waals surface area (Å²) in [6.07, 6.45) is 0. The number of hydrogen-bond donors (Lipinski definition) is 2. The van der Waals surface area contributed by atoms with Crippen LogP contribution in [0.5, 0.6) is 0 Å². The van der Waals surface area contributed by atoms with Gasteiger partial charge in [-0.2, -0.15) is 0 Å². The molecule has 7 heteroatoms. The Morgan fingerprint density at radius 2 is 1.67 bits per heavy atom. The summed E-state index contributed by atoms with van der Waals surface area (Å²) in [5, 5.41) is 5.04. The average Bonchev–Trinajstić information content (AvgIpc) is 2.46. The van der Waals surface area contributed by atoms with Crippen molar-refractivity contribution in [1.29, 1.82) is 0 Å². The molecule has 0 atom stereocenters. The smallest absolute Gasteiger partial charge is 0.321 e. The summed E-state index contributed by atoms with van der Waals surface area (Å²) in [5.74, 6) is -0.561. The van der Waals surface area contributed by atoms with E-state index in [1.807, 2.05) is 25.7 Å². The van der Waals surface area contributed by atoms with Gasteiger partial charge in [-0.3, -0.25) is 15.0 Å². The number of carbonyl (C=O) groups excluding carboxylic acids is 2. The summed E-state index contributed by atoms with van der Waals surface area (Å²) in [7, 11) is 0. The van der Waals surface area contributed by atoms with Gasteiger partial charge in [0.25, 0.3) is 0 Å². The molecule has 1 aromatic rings. The lowest BCUT2D eigenvalue weighted by molar-refractivity contribution is -0.121. The SMILES string of the molecule is CC(C)(C)NC(=O)NC(=O)CN1CCN(c2ccc(F)cc2)CC1. The van der Waals surface area contributed by atoms with Crippen molar-refractivity contribution in [3.63, 3.8) is 0 Å². The quantitative estimate of drug-likeness (QED) is 0.879. The zero-order valence-electron chi connectivity index (χ0n) is 14.4. The fourth-order valence-corrected chi connectivity index (χ4v) is 2.56. The van der Waals surface area contributed by atoms with Gasteiger partial charge in [-0.05, 0) is 45.0 Å². The van der Waals surface area contributed by atoms with Gasteiger partial charge in [-0.25, -0.2) is 9.18 Å². The maximum Gasteiger partial charge on any atom is 0.321 e. The van der Waals surface area contributed by atoms with Gasteiger partial charge < -0.3 is 10.2 Å². The molecule has 1 saturated heterocycles. The summed E-state index contributed by atoms with van der Waals surface area (Å²) in [4.78, 5) is 27.8. The zero-order valence-corrected chi connectivity index (χ0v) is 14.4. The van der Waals surface area contributed by atoms with E-state index >= 15 is 0 Å². The molecule has 3 amide bonds. The van der Waals surface area contributed by atoms with Crippen molar-refractivity contribution >= 4 is 17.6 Å². The minimum Gasteiger partial charge on any atom is -0.369 e. The lowest BCUT2D eigenvalue weighted by Gasteiger charge is -2.35. The van der Waals surface area contributed by atoms with Crippen molar-refractivity contribution in [1.82, 2.24) is 15.5 Å². The minimum absolute atomic E-state index is 0.189. The standard InChI is InChI=1S/C17H25FN4O2/c1-17(2,3)20-16(24)19-15(23)12-21-8-10-22(11-9-21)14-6-4-13(18)5-7-14/h4-7H,8-12H2,1-3H3,(H2,19,20,23,24). The van der Waals surface area contributed by atoms with Gasteiger partial charge in [-0.1, -0.05) is 0 Å². The van der Waals surface area contributed by atoms with Gasteiger partial charge in [0.15, 0.2) is 0 Å². The molecule has 1 aliphatic heterocycles. The van der Waals surface area contributed by atoms with Gasteiger partial charge >= 0.3 is 6.03 Å². The normalized spacial score (nSPS) is 15.9. The molecule has 0 aliphatic carbocycles. The molecule has 24 heavy (non-hydrogen) atoms. The van der Waals surface area contributed by atoms with Crippen LogP contribution in [0.2, 0.25) is 0 Å². The molecule has 132 valence electrons. The molecule has 1 aliphatic rings. The summed E-state index contributed by atoms with van der Waals surface area (Å²) >= 11 is 0. The number of imide groups is 1. The number of nitrogens with zero attached hydrogens (tertiary/aromatic N) is 2. The Morgan fingerprint density at radius 1 is 1.08 bits per heavy atom. The van der Waals surface area contributed by atoms with Crippen LogP contribution in [-0.4, -0.2) is 55.1 Å². The molecule has 0 saturated carbocycles. The second kappa shape index (κ2) is 7.61. The predicted molar refractivity (Wildman–Crippen MR) is 91.5 cm³/mol. The van der Waals surface area contributed by atoms with E-state index in [0.717, 1.165) is 18.8 Å². The van der Waals surface area contributed by atoms with Crippen molar-refractivity contribution in [3.05, 3.63) is 30.1 Å². The van der Waals surface area contributed by atoms with E-state index in [9.17, 15) is 14.0 Å². The van der Waals surface area contributed by atoms with Crippen LogP contribution in [0.15, 0.2) is 24.3 Å². The highest BCUT2D eigenvalue weighted by Gasteiger charge is 2.21. The number of urea groups is 1. The maximum absolute atomic E-state index is 13.0. The molecule has 0 aromatic heterocycles. The number of anilines is 1. The molecule has 0 bridgehead atoms. The van der Waals surface area contributed by atoms with E-state index < -0.39 is 6.03 Å². The van der Waals surface area contributed by atoms with Crippen molar-refractivity contribution in [2.45, 2.75) is 26.3 Å². The first-order valence-corrected chi connectivity index (χ1v) is 8.08. The number of piperazine rings is 1. The fourth-order valence-electron chi connectivity index (χ4n) is 2.56. The second-order valence-corrected chi connectivity index (χ2v) is 6.99. The highest BCUT2D eigenvalue weighted by molar-refractivity contribution is 5.95. The van der Waals surface area contributed by atoms with E-state index in [1.165, 1.54) is 12.1 Å². The van der Waals surface area contributed by atoms with Crippen molar-refractivity contribution in [2.24, 2.45) is 0 Å². The average molecular weight is 336 g/mol. The van der Waals surface area contributed by atoms with Crippen LogP contribution in [0.4, 0.5) is 14.9 Å². The monoisotopic (exact) mass is 336 g/mol. The molecule has 1 aromatic carbocycles. The first-order valence-electron chi connectivity index (χ1n) is 8.08. The molecular weight excluding hydrogens is 311 g/mol. The fraction of sp³-hybridized carbons (Fsp3) is 0.529. The first kappa shape index (κ1) is 18.2. The third kappa shape index (κ3) is 5.81. The van der Waals surface area contributed by atoms with Gasteiger partial charge in [0.1, 0.15) is 5.82 Å². The number of hydrogen-bond acceptors (Lipinski definition) is 4. The third-order valence-corrected chi connectivity index (χ3v) is 3.67. The van der Waals surface area contributed by atoms with Crippen molar-refractivity contribution < 1.29 is 14.0 Å². The van der Waals surface area contributed by atoms with Crippen LogP contribution in [0, 0.1) is 5.82 Å². The van der Waals surface area contributed by atoms with E-state index in [-0.39, 0.29) is 23.8 Å². The van der Waals surface area contributed by atoms with Crippen LogP contribution in [0.3, 0.4) is 0 Å². The lowest BCUT2D eigenvalue weighted by atomic mass is 10.1. The molecule has 6 nitrogen and oxygen atoms in total. The van der Waals surface area contributed by atoms with E-state index in [1.54, 1.807) is 12.1 Å². The van der Waals surface area contributed by atoms with Gasteiger partial charge in [0.05, 0.1) is 6.54 Å². The topological polar surface area (TPSA) is 64.7 Å². The number of nitrogens with one attached hydrogen (secondary N) is 2. The molecular formula is C17H25FN4O2. The molecule has 2 N–H and O–H groups in total. The Hall–Kier alpha value is -2.15. The third-order valence-electron chi connectivity index (χ3n) is 3.67.